The number of hydrogen-bond donors (Lipinski definition) is 1. The Morgan fingerprint density at radius 3 is 2.67 bits per heavy atom. The zero-order valence-corrected chi connectivity index (χ0v) is 10.9. The van der Waals surface area contributed by atoms with Gasteiger partial charge in [-0.2, -0.15) is 5.26 Å². The molecule has 0 unspecified atom stereocenters. The van der Waals surface area contributed by atoms with Crippen molar-refractivity contribution in [3.63, 3.8) is 0 Å². The van der Waals surface area contributed by atoms with E-state index in [1.165, 1.54) is 6.08 Å². The Labute approximate surface area is 111 Å². The van der Waals surface area contributed by atoms with E-state index in [1.54, 1.807) is 24.3 Å². The Bertz CT molecular complexity index is 530. The van der Waals surface area contributed by atoms with E-state index in [0.29, 0.717) is 16.3 Å². The number of nitrogens with two attached hydrogens (primary N) is 1. The summed E-state index contributed by atoms with van der Waals surface area (Å²) in [6.45, 7) is 3.79. The number of rotatable bonds is 4. The van der Waals surface area contributed by atoms with Crippen molar-refractivity contribution < 1.29 is 9.53 Å². The number of carbonyl (C=O) groups is 1. The molecule has 0 saturated heterocycles. The zero-order chi connectivity index (χ0) is 13.7. The molecule has 1 amide bonds. The minimum atomic E-state index is -0.767. The largest absolute Gasteiger partial charge is 0.489 e. The molecule has 0 aliphatic rings. The maximum atomic E-state index is 10.9. The van der Waals surface area contributed by atoms with Crippen molar-refractivity contribution in [2.24, 2.45) is 5.73 Å². The predicted octanol–water partition coefficient (Wildman–Crippen LogP) is 2.52. The van der Waals surface area contributed by atoms with E-state index in [2.05, 4.69) is 0 Å². The highest BCUT2D eigenvalue weighted by molar-refractivity contribution is 6.32. The topological polar surface area (TPSA) is 76.1 Å². The average molecular weight is 265 g/mol. The van der Waals surface area contributed by atoms with Gasteiger partial charge in [0.2, 0.25) is 0 Å². The van der Waals surface area contributed by atoms with Crippen LogP contribution in [0.15, 0.2) is 23.8 Å². The van der Waals surface area contributed by atoms with E-state index in [-0.39, 0.29) is 11.7 Å². The smallest absolute Gasteiger partial charge is 0.259 e. The number of ether oxygens (including phenoxy) is 1. The van der Waals surface area contributed by atoms with Gasteiger partial charge in [0.25, 0.3) is 5.91 Å². The normalized spacial score (nSPS) is 11.2. The van der Waals surface area contributed by atoms with Gasteiger partial charge in [-0.3, -0.25) is 4.79 Å². The lowest BCUT2D eigenvalue weighted by atomic mass is 10.1. The van der Waals surface area contributed by atoms with Crippen LogP contribution < -0.4 is 10.5 Å². The van der Waals surface area contributed by atoms with Crippen molar-refractivity contribution in [2.75, 3.05) is 0 Å². The van der Waals surface area contributed by atoms with Crippen LogP contribution in [-0.2, 0) is 4.79 Å². The van der Waals surface area contributed by atoms with Crippen molar-refractivity contribution in [2.45, 2.75) is 20.0 Å². The van der Waals surface area contributed by atoms with Crippen LogP contribution in [-0.4, -0.2) is 12.0 Å². The molecule has 1 rings (SSSR count). The maximum absolute atomic E-state index is 10.9. The first-order chi connectivity index (χ1) is 8.43. The first-order valence-electron chi connectivity index (χ1n) is 5.32. The third-order valence-corrected chi connectivity index (χ3v) is 2.31. The van der Waals surface area contributed by atoms with E-state index in [4.69, 9.17) is 27.3 Å². The summed E-state index contributed by atoms with van der Waals surface area (Å²) in [6.07, 6.45) is 1.40. The third kappa shape index (κ3) is 3.79. The summed E-state index contributed by atoms with van der Waals surface area (Å²) in [6, 6.07) is 6.72. The molecule has 0 aliphatic heterocycles. The number of primary amides is 1. The molecule has 0 aliphatic carbocycles. The van der Waals surface area contributed by atoms with Crippen molar-refractivity contribution in [3.8, 4) is 11.8 Å². The number of halogens is 1. The van der Waals surface area contributed by atoms with Crippen LogP contribution in [0.5, 0.6) is 5.75 Å². The molecule has 4 nitrogen and oxygen atoms in total. The number of benzene rings is 1. The number of amides is 1. The third-order valence-electron chi connectivity index (χ3n) is 2.02. The molecule has 0 saturated carbocycles. The summed E-state index contributed by atoms with van der Waals surface area (Å²) in [4.78, 5) is 10.9. The summed E-state index contributed by atoms with van der Waals surface area (Å²) >= 11 is 6.03. The fraction of sp³-hybridized carbons (Fsp3) is 0.231. The highest BCUT2D eigenvalue weighted by Gasteiger charge is 2.07. The van der Waals surface area contributed by atoms with Gasteiger partial charge in [0.05, 0.1) is 11.1 Å². The highest BCUT2D eigenvalue weighted by Crippen LogP contribution is 2.27. The predicted molar refractivity (Wildman–Crippen MR) is 70.0 cm³/mol. The summed E-state index contributed by atoms with van der Waals surface area (Å²) in [5, 5.41) is 9.14. The Hall–Kier alpha value is -1.99. The SMILES string of the molecule is CC(C)Oc1ccc(/C=C(\C#N)C(N)=O)cc1Cl. The van der Waals surface area contributed by atoms with Gasteiger partial charge in [-0.1, -0.05) is 17.7 Å². The monoisotopic (exact) mass is 264 g/mol. The van der Waals surface area contributed by atoms with E-state index < -0.39 is 5.91 Å². The molecule has 0 heterocycles. The average Bonchev–Trinajstić information content (AvgIpc) is 2.28. The van der Waals surface area contributed by atoms with Crippen LogP contribution in [0.2, 0.25) is 5.02 Å². The van der Waals surface area contributed by atoms with E-state index in [9.17, 15) is 4.79 Å². The standard InChI is InChI=1S/C13H13ClN2O2/c1-8(2)18-12-4-3-9(6-11(12)14)5-10(7-15)13(16)17/h3-6,8H,1-2H3,(H2,16,17)/b10-5+. The van der Waals surface area contributed by atoms with Crippen molar-refractivity contribution >= 4 is 23.6 Å². The number of nitrogens with zero attached hydrogens (tertiary/aromatic N) is 1. The van der Waals surface area contributed by atoms with Gasteiger partial charge in [0.15, 0.2) is 0 Å². The van der Waals surface area contributed by atoms with Gasteiger partial charge in [-0.05, 0) is 37.6 Å². The van der Waals surface area contributed by atoms with Gasteiger partial charge in [-0.15, -0.1) is 0 Å². The molecular formula is C13H13ClN2O2. The van der Waals surface area contributed by atoms with E-state index in [1.807, 2.05) is 13.8 Å². The Morgan fingerprint density at radius 2 is 2.22 bits per heavy atom. The molecule has 94 valence electrons. The lowest BCUT2D eigenvalue weighted by Gasteiger charge is -2.11. The van der Waals surface area contributed by atoms with Gasteiger partial charge in [0.1, 0.15) is 17.4 Å². The summed E-state index contributed by atoms with van der Waals surface area (Å²) in [5.74, 6) is -0.211. The summed E-state index contributed by atoms with van der Waals surface area (Å²) in [5.41, 5.74) is 5.54. The highest BCUT2D eigenvalue weighted by atomic mass is 35.5. The molecule has 1 aromatic rings. The molecule has 0 spiro atoms. The van der Waals surface area contributed by atoms with Crippen LogP contribution in [0.3, 0.4) is 0 Å². The Morgan fingerprint density at radius 1 is 1.56 bits per heavy atom. The lowest BCUT2D eigenvalue weighted by Crippen LogP contribution is -2.12. The van der Waals surface area contributed by atoms with Crippen molar-refractivity contribution in [3.05, 3.63) is 34.4 Å². The van der Waals surface area contributed by atoms with Crippen LogP contribution in [0.25, 0.3) is 6.08 Å². The minimum absolute atomic E-state index is 0.0178. The second-order valence-electron chi connectivity index (χ2n) is 3.89. The fourth-order valence-electron chi connectivity index (χ4n) is 1.28. The van der Waals surface area contributed by atoms with E-state index >= 15 is 0 Å². The zero-order valence-electron chi connectivity index (χ0n) is 10.1. The second kappa shape index (κ2) is 6.08. The van der Waals surface area contributed by atoms with Gasteiger partial charge >= 0.3 is 0 Å². The Kier molecular flexibility index (Phi) is 4.75. The molecular weight excluding hydrogens is 252 g/mol. The van der Waals surface area contributed by atoms with Gasteiger partial charge in [-0.25, -0.2) is 0 Å². The number of hydrogen-bond acceptors (Lipinski definition) is 3. The molecule has 0 fully saturated rings. The second-order valence-corrected chi connectivity index (χ2v) is 4.30. The quantitative estimate of drug-likeness (QED) is 0.671. The molecule has 5 heteroatoms. The van der Waals surface area contributed by atoms with Crippen LogP contribution in [0, 0.1) is 11.3 Å². The summed E-state index contributed by atoms with van der Waals surface area (Å²) < 4.78 is 5.47. The van der Waals surface area contributed by atoms with E-state index in [0.717, 1.165) is 0 Å². The molecule has 1 aromatic carbocycles. The lowest BCUT2D eigenvalue weighted by molar-refractivity contribution is -0.114. The van der Waals surface area contributed by atoms with Crippen molar-refractivity contribution in [1.29, 1.82) is 5.26 Å². The number of nitriles is 1. The maximum Gasteiger partial charge on any atom is 0.259 e. The summed E-state index contributed by atoms with van der Waals surface area (Å²) in [7, 11) is 0. The molecule has 18 heavy (non-hydrogen) atoms. The Balaban J connectivity index is 3.05. The molecule has 0 bridgehead atoms. The first kappa shape index (κ1) is 14.1. The van der Waals surface area contributed by atoms with Gasteiger partial charge in [0, 0.05) is 0 Å². The van der Waals surface area contributed by atoms with Gasteiger partial charge < -0.3 is 10.5 Å². The molecule has 0 aromatic heterocycles. The molecule has 0 radical (unpaired) electrons. The fourth-order valence-corrected chi connectivity index (χ4v) is 1.52. The van der Waals surface area contributed by atoms with Crippen LogP contribution >= 0.6 is 11.6 Å². The molecule has 0 atom stereocenters. The minimum Gasteiger partial charge on any atom is -0.489 e. The first-order valence-corrected chi connectivity index (χ1v) is 5.69. The number of carbonyl (C=O) groups excluding carboxylic acids is 1. The van der Waals surface area contributed by atoms with Crippen LogP contribution in [0.4, 0.5) is 0 Å². The van der Waals surface area contributed by atoms with Crippen molar-refractivity contribution in [1.82, 2.24) is 0 Å². The molecule has 2 N–H and O–H groups in total. The van der Waals surface area contributed by atoms with Crippen LogP contribution in [0.1, 0.15) is 19.4 Å².